The Labute approximate surface area is 201 Å². The van der Waals surface area contributed by atoms with E-state index < -0.39 is 0 Å². The molecule has 6 nitrogen and oxygen atoms in total. The second kappa shape index (κ2) is 11.0. The first-order valence-corrected chi connectivity index (χ1v) is 11.2. The largest absolute Gasteiger partial charge is 0.358 e. The minimum Gasteiger partial charge on any atom is -0.358 e. The van der Waals surface area contributed by atoms with Crippen LogP contribution >= 0.6 is 12.4 Å². The molecule has 0 aliphatic carbocycles. The molecule has 2 amide bonds. The van der Waals surface area contributed by atoms with Crippen molar-refractivity contribution in [2.75, 3.05) is 45.2 Å². The van der Waals surface area contributed by atoms with E-state index in [0.29, 0.717) is 42.0 Å². The molecule has 180 valence electrons. The molecule has 1 N–H and O–H groups in total. The van der Waals surface area contributed by atoms with Crippen molar-refractivity contribution in [3.63, 3.8) is 0 Å². The lowest BCUT2D eigenvalue weighted by Gasteiger charge is -2.19. The number of hydrogen-bond donors (Lipinski definition) is 1. The summed E-state index contributed by atoms with van der Waals surface area (Å²) < 4.78 is 14.1. The van der Waals surface area contributed by atoms with Gasteiger partial charge in [-0.05, 0) is 84.6 Å². The molecular weight excluding hydrogens is 443 g/mol. The number of nitrogens with one attached hydrogen (secondary N) is 1. The highest BCUT2D eigenvalue weighted by atomic mass is 35.5. The Hall–Kier alpha value is -2.64. The molecule has 0 atom stereocenters. The summed E-state index contributed by atoms with van der Waals surface area (Å²) in [7, 11) is 3.99. The Kier molecular flexibility index (Phi) is 8.86. The van der Waals surface area contributed by atoms with Gasteiger partial charge in [0.05, 0.1) is 16.8 Å². The van der Waals surface area contributed by atoms with Crippen molar-refractivity contribution in [3.05, 3.63) is 52.1 Å². The van der Waals surface area contributed by atoms with Crippen LogP contribution in [0.2, 0.25) is 0 Å². The van der Waals surface area contributed by atoms with Gasteiger partial charge in [0.15, 0.2) is 0 Å². The number of hydrogen-bond acceptors (Lipinski definition) is 3. The van der Waals surface area contributed by atoms with E-state index in [0.717, 1.165) is 29.9 Å². The monoisotopic (exact) mass is 476 g/mol. The maximum absolute atomic E-state index is 14.1. The van der Waals surface area contributed by atoms with Gasteiger partial charge >= 0.3 is 0 Å². The fourth-order valence-corrected chi connectivity index (χ4v) is 4.29. The standard InChI is InChI=1S/C25H33FN4O2.ClH/c1-7-29(8-2)25(32)23-16(3)21(27-17(23)4)15-20-19-14-18(26)10-11-22(19)30(24(20)31)13-9-12-28(5)6;/h10-11,14-15,27H,7-9,12-13H2,1-6H3;1H/b20-15-;. The van der Waals surface area contributed by atoms with Gasteiger partial charge in [0.1, 0.15) is 5.82 Å². The molecule has 0 radical (unpaired) electrons. The van der Waals surface area contributed by atoms with Crippen molar-refractivity contribution >= 4 is 41.6 Å². The van der Waals surface area contributed by atoms with E-state index in [-0.39, 0.29) is 30.0 Å². The minimum atomic E-state index is -0.380. The number of aromatic nitrogens is 1. The predicted octanol–water partition coefficient (Wildman–Crippen LogP) is 4.51. The van der Waals surface area contributed by atoms with Gasteiger partial charge in [0.25, 0.3) is 11.8 Å². The van der Waals surface area contributed by atoms with Crippen LogP contribution in [0.15, 0.2) is 18.2 Å². The summed E-state index contributed by atoms with van der Waals surface area (Å²) in [6, 6.07) is 4.47. The highest BCUT2D eigenvalue weighted by molar-refractivity contribution is 6.35. The first kappa shape index (κ1) is 26.6. The summed E-state index contributed by atoms with van der Waals surface area (Å²) in [5, 5.41) is 0. The summed E-state index contributed by atoms with van der Waals surface area (Å²) in [6.45, 7) is 10.3. The van der Waals surface area contributed by atoms with Gasteiger partial charge in [-0.1, -0.05) is 0 Å². The Morgan fingerprint density at radius 3 is 2.45 bits per heavy atom. The van der Waals surface area contributed by atoms with Crippen molar-refractivity contribution in [3.8, 4) is 0 Å². The molecule has 0 spiro atoms. The Morgan fingerprint density at radius 2 is 1.85 bits per heavy atom. The van der Waals surface area contributed by atoms with Crippen LogP contribution in [0.1, 0.15) is 53.1 Å². The number of carbonyl (C=O) groups excluding carboxylic acids is 2. The average Bonchev–Trinajstić information content (AvgIpc) is 3.16. The SMILES string of the molecule is CCN(CC)C(=O)c1c(C)[nH]c(/C=C2\C(=O)N(CCCN(C)C)c3ccc(F)cc32)c1C.Cl. The van der Waals surface area contributed by atoms with Crippen LogP contribution in [0, 0.1) is 19.7 Å². The average molecular weight is 477 g/mol. The third-order valence-corrected chi connectivity index (χ3v) is 6.03. The number of anilines is 1. The number of halogens is 2. The zero-order valence-corrected chi connectivity index (χ0v) is 21.1. The van der Waals surface area contributed by atoms with E-state index >= 15 is 0 Å². The Balaban J connectivity index is 0.00000385. The zero-order chi connectivity index (χ0) is 23.6. The maximum atomic E-state index is 14.1. The summed E-state index contributed by atoms with van der Waals surface area (Å²) in [5.41, 5.74) is 4.64. The lowest BCUT2D eigenvalue weighted by molar-refractivity contribution is -0.113. The van der Waals surface area contributed by atoms with Crippen LogP contribution in [0.3, 0.4) is 0 Å². The second-order valence-electron chi connectivity index (χ2n) is 8.47. The fraction of sp³-hybridized carbons (Fsp3) is 0.440. The first-order valence-electron chi connectivity index (χ1n) is 11.2. The van der Waals surface area contributed by atoms with Crippen LogP contribution in [0.4, 0.5) is 10.1 Å². The number of H-pyrrole nitrogens is 1. The van der Waals surface area contributed by atoms with Crippen LogP contribution in [-0.2, 0) is 4.79 Å². The lowest BCUT2D eigenvalue weighted by atomic mass is 10.0. The molecule has 33 heavy (non-hydrogen) atoms. The van der Waals surface area contributed by atoms with Crippen molar-refractivity contribution in [2.45, 2.75) is 34.1 Å². The molecule has 0 bridgehead atoms. The van der Waals surface area contributed by atoms with Crippen LogP contribution in [0.5, 0.6) is 0 Å². The third kappa shape index (κ3) is 5.31. The summed E-state index contributed by atoms with van der Waals surface area (Å²) >= 11 is 0. The second-order valence-corrected chi connectivity index (χ2v) is 8.47. The highest BCUT2D eigenvalue weighted by Gasteiger charge is 2.33. The minimum absolute atomic E-state index is 0. The number of aromatic amines is 1. The van der Waals surface area contributed by atoms with E-state index in [1.54, 1.807) is 21.9 Å². The van der Waals surface area contributed by atoms with Crippen molar-refractivity contribution in [1.29, 1.82) is 0 Å². The van der Waals surface area contributed by atoms with Crippen LogP contribution in [-0.4, -0.2) is 66.9 Å². The normalized spacial score (nSPS) is 14.1. The van der Waals surface area contributed by atoms with Gasteiger partial charge in [-0.15, -0.1) is 12.4 Å². The third-order valence-electron chi connectivity index (χ3n) is 6.03. The number of fused-ring (bicyclic) bond motifs is 1. The summed E-state index contributed by atoms with van der Waals surface area (Å²) in [5.74, 6) is -0.553. The van der Waals surface area contributed by atoms with E-state index in [1.807, 2.05) is 41.8 Å². The lowest BCUT2D eigenvalue weighted by Crippen LogP contribution is -2.31. The molecule has 0 fully saturated rings. The molecule has 0 saturated carbocycles. The molecule has 1 aromatic carbocycles. The molecule has 2 heterocycles. The number of nitrogens with zero attached hydrogens (tertiary/aromatic N) is 3. The molecule has 2 aromatic rings. The molecule has 1 aliphatic rings. The summed E-state index contributed by atoms with van der Waals surface area (Å²) in [4.78, 5) is 35.1. The number of carbonyl (C=O) groups is 2. The van der Waals surface area contributed by atoms with Gasteiger partial charge in [0, 0.05) is 36.6 Å². The van der Waals surface area contributed by atoms with Crippen LogP contribution in [0.25, 0.3) is 11.6 Å². The predicted molar refractivity (Wildman–Crippen MR) is 135 cm³/mol. The molecule has 8 heteroatoms. The van der Waals surface area contributed by atoms with Gasteiger partial charge in [-0.2, -0.15) is 0 Å². The topological polar surface area (TPSA) is 59.7 Å². The molecule has 1 aliphatic heterocycles. The zero-order valence-electron chi connectivity index (χ0n) is 20.3. The number of amides is 2. The molecule has 3 rings (SSSR count). The van der Waals surface area contributed by atoms with Crippen molar-refractivity contribution in [2.24, 2.45) is 0 Å². The smallest absolute Gasteiger partial charge is 0.259 e. The Bertz CT molecular complexity index is 1060. The van der Waals surface area contributed by atoms with E-state index in [2.05, 4.69) is 9.88 Å². The molecule has 0 unspecified atom stereocenters. The van der Waals surface area contributed by atoms with Gasteiger partial charge < -0.3 is 19.7 Å². The summed E-state index contributed by atoms with van der Waals surface area (Å²) in [6.07, 6.45) is 2.57. The number of aryl methyl sites for hydroxylation is 1. The molecule has 1 aromatic heterocycles. The van der Waals surface area contributed by atoms with E-state index in [1.165, 1.54) is 12.1 Å². The van der Waals surface area contributed by atoms with Crippen LogP contribution < -0.4 is 4.90 Å². The van der Waals surface area contributed by atoms with Crippen molar-refractivity contribution < 1.29 is 14.0 Å². The number of benzene rings is 1. The number of rotatable bonds is 8. The maximum Gasteiger partial charge on any atom is 0.259 e. The fourth-order valence-electron chi connectivity index (χ4n) is 4.29. The molecule has 0 saturated heterocycles. The highest BCUT2D eigenvalue weighted by Crippen LogP contribution is 2.39. The Morgan fingerprint density at radius 1 is 1.18 bits per heavy atom. The van der Waals surface area contributed by atoms with Gasteiger partial charge in [0.2, 0.25) is 0 Å². The van der Waals surface area contributed by atoms with Gasteiger partial charge in [-0.3, -0.25) is 9.59 Å². The first-order chi connectivity index (χ1) is 15.2. The van der Waals surface area contributed by atoms with Crippen molar-refractivity contribution in [1.82, 2.24) is 14.8 Å². The molecular formula is C25H34ClFN4O2. The van der Waals surface area contributed by atoms with Gasteiger partial charge in [-0.25, -0.2) is 4.39 Å². The van der Waals surface area contributed by atoms with E-state index in [4.69, 9.17) is 0 Å². The van der Waals surface area contributed by atoms with E-state index in [9.17, 15) is 14.0 Å². The quantitative estimate of drug-likeness (QED) is 0.570.